The topological polar surface area (TPSA) is 44.7 Å². The van der Waals surface area contributed by atoms with E-state index in [-0.39, 0.29) is 6.61 Å². The van der Waals surface area contributed by atoms with Gasteiger partial charge < -0.3 is 20.1 Å². The summed E-state index contributed by atoms with van der Waals surface area (Å²) in [6.45, 7) is 3.75. The first-order valence-corrected chi connectivity index (χ1v) is 8.70. The SMILES string of the molecule is OCCOc1ccc(NC2CCN(CCc3ccccc3)C2)cc1. The van der Waals surface area contributed by atoms with E-state index in [1.807, 2.05) is 24.3 Å². The van der Waals surface area contributed by atoms with Crippen LogP contribution in [0.5, 0.6) is 5.75 Å². The van der Waals surface area contributed by atoms with Gasteiger partial charge in [0.15, 0.2) is 0 Å². The molecule has 0 bridgehead atoms. The van der Waals surface area contributed by atoms with Crippen molar-refractivity contribution in [2.75, 3.05) is 38.2 Å². The second-order valence-electron chi connectivity index (χ2n) is 6.26. The van der Waals surface area contributed by atoms with Crippen LogP contribution in [0.4, 0.5) is 5.69 Å². The van der Waals surface area contributed by atoms with Crippen LogP contribution in [0.1, 0.15) is 12.0 Å². The first-order chi connectivity index (χ1) is 11.8. The lowest BCUT2D eigenvalue weighted by molar-refractivity contribution is 0.201. The molecular weight excluding hydrogens is 300 g/mol. The number of ether oxygens (including phenoxy) is 1. The molecular formula is C20H26N2O2. The lowest BCUT2D eigenvalue weighted by Gasteiger charge is -2.17. The molecule has 2 N–H and O–H groups in total. The first-order valence-electron chi connectivity index (χ1n) is 8.70. The number of hydrogen-bond acceptors (Lipinski definition) is 4. The molecule has 0 spiro atoms. The third kappa shape index (κ3) is 4.98. The number of hydrogen-bond donors (Lipinski definition) is 2. The third-order valence-electron chi connectivity index (χ3n) is 4.42. The normalized spacial score (nSPS) is 17.8. The molecule has 1 unspecified atom stereocenters. The molecule has 128 valence electrons. The smallest absolute Gasteiger partial charge is 0.119 e. The Balaban J connectivity index is 1.42. The molecule has 0 aromatic heterocycles. The predicted octanol–water partition coefficient (Wildman–Crippen LogP) is 2.79. The maximum absolute atomic E-state index is 8.77. The van der Waals surface area contributed by atoms with E-state index in [9.17, 15) is 0 Å². The average Bonchev–Trinajstić information content (AvgIpc) is 3.08. The van der Waals surface area contributed by atoms with Crippen LogP contribution in [0.25, 0.3) is 0 Å². The highest BCUT2D eigenvalue weighted by Gasteiger charge is 2.21. The maximum atomic E-state index is 8.77. The van der Waals surface area contributed by atoms with E-state index >= 15 is 0 Å². The van der Waals surface area contributed by atoms with Crippen LogP contribution in [0, 0.1) is 0 Å². The van der Waals surface area contributed by atoms with Gasteiger partial charge in [0.2, 0.25) is 0 Å². The van der Waals surface area contributed by atoms with Crippen LogP contribution in [-0.2, 0) is 6.42 Å². The van der Waals surface area contributed by atoms with Gasteiger partial charge in [0.1, 0.15) is 12.4 Å². The van der Waals surface area contributed by atoms with Gasteiger partial charge in [-0.3, -0.25) is 0 Å². The van der Waals surface area contributed by atoms with Crippen molar-refractivity contribution >= 4 is 5.69 Å². The molecule has 3 rings (SSSR count). The molecule has 2 aromatic rings. The van der Waals surface area contributed by atoms with Crippen molar-refractivity contribution in [2.45, 2.75) is 18.9 Å². The highest BCUT2D eigenvalue weighted by Crippen LogP contribution is 2.19. The Bertz CT molecular complexity index is 601. The second-order valence-corrected chi connectivity index (χ2v) is 6.26. The highest BCUT2D eigenvalue weighted by molar-refractivity contribution is 5.47. The van der Waals surface area contributed by atoms with Crippen molar-refractivity contribution in [2.24, 2.45) is 0 Å². The monoisotopic (exact) mass is 326 g/mol. The standard InChI is InChI=1S/C20H26N2O2/c23-14-15-24-20-8-6-18(7-9-20)21-19-11-13-22(16-19)12-10-17-4-2-1-3-5-17/h1-9,19,21,23H,10-16H2. The molecule has 0 amide bonds. The lowest BCUT2D eigenvalue weighted by Crippen LogP contribution is -2.27. The van der Waals surface area contributed by atoms with Crippen LogP contribution in [-0.4, -0.2) is 48.9 Å². The molecule has 1 fully saturated rings. The summed E-state index contributed by atoms with van der Waals surface area (Å²) in [7, 11) is 0. The minimum atomic E-state index is 0.0426. The zero-order chi connectivity index (χ0) is 16.6. The fourth-order valence-electron chi connectivity index (χ4n) is 3.13. The summed E-state index contributed by atoms with van der Waals surface area (Å²) in [6.07, 6.45) is 2.29. The fourth-order valence-corrected chi connectivity index (χ4v) is 3.13. The molecule has 1 atom stereocenters. The number of benzene rings is 2. The van der Waals surface area contributed by atoms with Crippen molar-refractivity contribution < 1.29 is 9.84 Å². The quantitative estimate of drug-likeness (QED) is 0.783. The Morgan fingerprint density at radius 3 is 2.62 bits per heavy atom. The van der Waals surface area contributed by atoms with E-state index in [0.717, 1.165) is 37.5 Å². The van der Waals surface area contributed by atoms with Gasteiger partial charge in [-0.2, -0.15) is 0 Å². The van der Waals surface area contributed by atoms with E-state index in [1.54, 1.807) is 0 Å². The van der Waals surface area contributed by atoms with E-state index in [1.165, 1.54) is 12.0 Å². The zero-order valence-corrected chi connectivity index (χ0v) is 14.0. The van der Waals surface area contributed by atoms with Gasteiger partial charge in [-0.15, -0.1) is 0 Å². The fraction of sp³-hybridized carbons (Fsp3) is 0.400. The molecule has 2 aromatic carbocycles. The van der Waals surface area contributed by atoms with Crippen LogP contribution in [0.2, 0.25) is 0 Å². The van der Waals surface area contributed by atoms with Gasteiger partial charge in [-0.1, -0.05) is 30.3 Å². The Kier molecular flexibility index (Phi) is 6.10. The number of anilines is 1. The molecule has 4 nitrogen and oxygen atoms in total. The Labute approximate surface area is 144 Å². The average molecular weight is 326 g/mol. The highest BCUT2D eigenvalue weighted by atomic mass is 16.5. The van der Waals surface area contributed by atoms with Crippen LogP contribution < -0.4 is 10.1 Å². The summed E-state index contributed by atoms with van der Waals surface area (Å²) in [5.74, 6) is 0.797. The number of aliphatic hydroxyl groups is 1. The molecule has 0 aliphatic carbocycles. The van der Waals surface area contributed by atoms with Crippen molar-refractivity contribution in [1.29, 1.82) is 0 Å². The van der Waals surface area contributed by atoms with Gasteiger partial charge in [0, 0.05) is 31.4 Å². The van der Waals surface area contributed by atoms with Gasteiger partial charge in [-0.05, 0) is 42.7 Å². The second kappa shape index (κ2) is 8.71. The summed E-state index contributed by atoms with van der Waals surface area (Å²) in [6, 6.07) is 19.2. The summed E-state index contributed by atoms with van der Waals surface area (Å²) in [5, 5.41) is 12.4. The van der Waals surface area contributed by atoms with Crippen molar-refractivity contribution in [3.63, 3.8) is 0 Å². The summed E-state index contributed by atoms with van der Waals surface area (Å²) in [4.78, 5) is 2.53. The summed E-state index contributed by atoms with van der Waals surface area (Å²) >= 11 is 0. The molecule has 1 aliphatic heterocycles. The molecule has 1 saturated heterocycles. The number of nitrogens with one attached hydrogen (secondary N) is 1. The maximum Gasteiger partial charge on any atom is 0.119 e. The Morgan fingerprint density at radius 2 is 1.88 bits per heavy atom. The van der Waals surface area contributed by atoms with Crippen LogP contribution >= 0.6 is 0 Å². The van der Waals surface area contributed by atoms with Gasteiger partial charge in [-0.25, -0.2) is 0 Å². The molecule has 4 heteroatoms. The predicted molar refractivity (Wildman–Crippen MR) is 97.6 cm³/mol. The number of nitrogens with zero attached hydrogens (tertiary/aromatic N) is 1. The molecule has 1 aliphatic rings. The van der Waals surface area contributed by atoms with E-state index < -0.39 is 0 Å². The van der Waals surface area contributed by atoms with E-state index in [0.29, 0.717) is 12.6 Å². The lowest BCUT2D eigenvalue weighted by atomic mass is 10.1. The number of rotatable bonds is 8. The summed E-state index contributed by atoms with van der Waals surface area (Å²) < 4.78 is 5.39. The zero-order valence-electron chi connectivity index (χ0n) is 14.0. The number of likely N-dealkylation sites (tertiary alicyclic amines) is 1. The molecule has 0 saturated carbocycles. The Morgan fingerprint density at radius 1 is 1.08 bits per heavy atom. The van der Waals surface area contributed by atoms with E-state index in [2.05, 4.69) is 40.5 Å². The van der Waals surface area contributed by atoms with E-state index in [4.69, 9.17) is 9.84 Å². The van der Waals surface area contributed by atoms with Crippen molar-refractivity contribution in [1.82, 2.24) is 4.90 Å². The Hall–Kier alpha value is -2.04. The molecule has 24 heavy (non-hydrogen) atoms. The van der Waals surface area contributed by atoms with Crippen LogP contribution in [0.3, 0.4) is 0 Å². The summed E-state index contributed by atoms with van der Waals surface area (Å²) in [5.41, 5.74) is 2.54. The van der Waals surface area contributed by atoms with Gasteiger partial charge >= 0.3 is 0 Å². The first kappa shape index (κ1) is 16.8. The molecule has 1 heterocycles. The van der Waals surface area contributed by atoms with Gasteiger partial charge in [0.25, 0.3) is 0 Å². The largest absolute Gasteiger partial charge is 0.491 e. The number of aliphatic hydroxyl groups excluding tert-OH is 1. The minimum Gasteiger partial charge on any atom is -0.491 e. The van der Waals surface area contributed by atoms with Crippen molar-refractivity contribution in [3.05, 3.63) is 60.2 Å². The minimum absolute atomic E-state index is 0.0426. The van der Waals surface area contributed by atoms with Crippen LogP contribution in [0.15, 0.2) is 54.6 Å². The molecule has 0 radical (unpaired) electrons. The van der Waals surface area contributed by atoms with Gasteiger partial charge in [0.05, 0.1) is 6.61 Å². The third-order valence-corrected chi connectivity index (χ3v) is 4.42. The van der Waals surface area contributed by atoms with Crippen molar-refractivity contribution in [3.8, 4) is 5.75 Å².